The topological polar surface area (TPSA) is 32.7 Å². The van der Waals surface area contributed by atoms with Crippen LogP contribution in [-0.4, -0.2) is 36.2 Å². The molecule has 142 valence electrons. The van der Waals surface area contributed by atoms with Crippen LogP contribution in [0.5, 0.6) is 5.75 Å². The molecule has 0 amide bonds. The predicted octanol–water partition coefficient (Wildman–Crippen LogP) is 4.58. The summed E-state index contributed by atoms with van der Waals surface area (Å²) in [5.74, 6) is 0.492. The third kappa shape index (κ3) is 5.05. The first kappa shape index (κ1) is 20.4. The maximum Gasteiger partial charge on any atom is 0.123 e. The molecule has 2 rings (SSSR count). The summed E-state index contributed by atoms with van der Waals surface area (Å²) in [5, 5.41) is 11.1. The first-order valence-electron chi connectivity index (χ1n) is 9.47. The Morgan fingerprint density at radius 2 is 1.46 bits per heavy atom. The summed E-state index contributed by atoms with van der Waals surface area (Å²) < 4.78 is 19.0. The predicted molar refractivity (Wildman–Crippen MR) is 104 cm³/mol. The quantitative estimate of drug-likeness (QED) is 0.630. The zero-order valence-electron chi connectivity index (χ0n) is 16.0. The van der Waals surface area contributed by atoms with E-state index in [1.807, 2.05) is 31.2 Å². The summed E-state index contributed by atoms with van der Waals surface area (Å²) >= 11 is 0. The lowest BCUT2D eigenvalue weighted by atomic mass is 9.84. The highest BCUT2D eigenvalue weighted by atomic mass is 19.1. The standard InChI is InChI=1S/C22H30FNO2/c1-4-22(25,18-8-12-20(23)13-9-18)19-10-14-21(15-11-19)26-17-7-16-24(5-2)6-3/h8-15,25H,4-7,16-17H2,1-3H3. The molecule has 1 unspecified atom stereocenters. The van der Waals surface area contributed by atoms with E-state index in [0.717, 1.165) is 37.4 Å². The van der Waals surface area contributed by atoms with Gasteiger partial charge in [0.25, 0.3) is 0 Å². The third-order valence-corrected chi connectivity index (χ3v) is 4.95. The fourth-order valence-electron chi connectivity index (χ4n) is 3.15. The molecule has 4 heteroatoms. The molecule has 0 aromatic heterocycles. The summed E-state index contributed by atoms with van der Waals surface area (Å²) in [6.45, 7) is 10.1. The van der Waals surface area contributed by atoms with E-state index in [9.17, 15) is 9.50 Å². The number of rotatable bonds is 10. The maximum atomic E-state index is 13.2. The fourth-order valence-corrected chi connectivity index (χ4v) is 3.15. The number of benzene rings is 2. The summed E-state index contributed by atoms with van der Waals surface area (Å²) in [7, 11) is 0. The average Bonchev–Trinajstić information content (AvgIpc) is 2.68. The molecule has 0 aliphatic heterocycles. The second kappa shape index (κ2) is 9.70. The van der Waals surface area contributed by atoms with Gasteiger partial charge in [0, 0.05) is 6.54 Å². The lowest BCUT2D eigenvalue weighted by molar-refractivity contribution is 0.0764. The number of nitrogens with zero attached hydrogens (tertiary/aromatic N) is 1. The molecular weight excluding hydrogens is 329 g/mol. The van der Waals surface area contributed by atoms with Crippen molar-refractivity contribution >= 4 is 0 Å². The second-order valence-electron chi connectivity index (χ2n) is 6.47. The molecule has 0 spiro atoms. The Kier molecular flexibility index (Phi) is 7.61. The van der Waals surface area contributed by atoms with Gasteiger partial charge < -0.3 is 14.7 Å². The fraction of sp³-hybridized carbons (Fsp3) is 0.455. The van der Waals surface area contributed by atoms with Crippen molar-refractivity contribution in [2.24, 2.45) is 0 Å². The lowest BCUT2D eigenvalue weighted by Crippen LogP contribution is -2.26. The van der Waals surface area contributed by atoms with Gasteiger partial charge in [-0.1, -0.05) is 45.0 Å². The molecule has 2 aromatic rings. The Morgan fingerprint density at radius 1 is 0.923 bits per heavy atom. The molecule has 0 saturated heterocycles. The summed E-state index contributed by atoms with van der Waals surface area (Å²) in [6, 6.07) is 13.6. The van der Waals surface area contributed by atoms with Gasteiger partial charge in [0.05, 0.1) is 6.61 Å². The van der Waals surface area contributed by atoms with Crippen molar-refractivity contribution in [1.29, 1.82) is 0 Å². The van der Waals surface area contributed by atoms with Crippen LogP contribution in [0.3, 0.4) is 0 Å². The highest BCUT2D eigenvalue weighted by molar-refractivity contribution is 5.38. The normalized spacial score (nSPS) is 13.6. The van der Waals surface area contributed by atoms with Crippen molar-refractivity contribution in [3.63, 3.8) is 0 Å². The van der Waals surface area contributed by atoms with E-state index >= 15 is 0 Å². The number of ether oxygens (including phenoxy) is 1. The van der Waals surface area contributed by atoms with Crippen LogP contribution in [0.1, 0.15) is 44.7 Å². The molecule has 0 saturated carbocycles. The lowest BCUT2D eigenvalue weighted by Gasteiger charge is -2.28. The molecule has 0 aliphatic rings. The van der Waals surface area contributed by atoms with Gasteiger partial charge in [-0.25, -0.2) is 4.39 Å². The minimum atomic E-state index is -1.13. The third-order valence-electron chi connectivity index (χ3n) is 4.95. The molecule has 0 heterocycles. The van der Waals surface area contributed by atoms with Crippen LogP contribution in [0.25, 0.3) is 0 Å². The molecule has 0 fully saturated rings. The van der Waals surface area contributed by atoms with E-state index < -0.39 is 5.60 Å². The summed E-state index contributed by atoms with van der Waals surface area (Å²) in [6.07, 6.45) is 1.49. The molecular formula is C22H30FNO2. The minimum Gasteiger partial charge on any atom is -0.494 e. The molecule has 0 radical (unpaired) electrons. The van der Waals surface area contributed by atoms with E-state index in [1.165, 1.54) is 12.1 Å². The number of aliphatic hydroxyl groups is 1. The molecule has 2 aromatic carbocycles. The Morgan fingerprint density at radius 3 is 1.96 bits per heavy atom. The molecule has 26 heavy (non-hydrogen) atoms. The van der Waals surface area contributed by atoms with Crippen LogP contribution >= 0.6 is 0 Å². The van der Waals surface area contributed by atoms with Crippen molar-refractivity contribution < 1.29 is 14.2 Å². The zero-order valence-corrected chi connectivity index (χ0v) is 16.0. The number of hydrogen-bond acceptors (Lipinski definition) is 3. The van der Waals surface area contributed by atoms with Crippen molar-refractivity contribution in [3.8, 4) is 5.75 Å². The van der Waals surface area contributed by atoms with Gasteiger partial charge in [0.2, 0.25) is 0 Å². The monoisotopic (exact) mass is 359 g/mol. The molecule has 3 nitrogen and oxygen atoms in total. The highest BCUT2D eigenvalue weighted by Gasteiger charge is 2.29. The van der Waals surface area contributed by atoms with E-state index in [-0.39, 0.29) is 5.82 Å². The van der Waals surface area contributed by atoms with Crippen LogP contribution in [0, 0.1) is 5.82 Å². The van der Waals surface area contributed by atoms with Crippen LogP contribution < -0.4 is 4.74 Å². The summed E-state index contributed by atoms with van der Waals surface area (Å²) in [5.41, 5.74) is 0.339. The Hall–Kier alpha value is -1.91. The Balaban J connectivity index is 1.99. The number of halogens is 1. The SMILES string of the molecule is CCN(CC)CCCOc1ccc(C(O)(CC)c2ccc(F)cc2)cc1. The zero-order chi connectivity index (χ0) is 19.0. The molecule has 1 N–H and O–H groups in total. The first-order valence-corrected chi connectivity index (χ1v) is 9.47. The van der Waals surface area contributed by atoms with Gasteiger partial charge in [0.15, 0.2) is 0 Å². The van der Waals surface area contributed by atoms with Crippen molar-refractivity contribution in [2.45, 2.75) is 39.2 Å². The van der Waals surface area contributed by atoms with Gasteiger partial charge in [-0.3, -0.25) is 0 Å². The van der Waals surface area contributed by atoms with Crippen molar-refractivity contribution in [3.05, 3.63) is 65.5 Å². The van der Waals surface area contributed by atoms with Gasteiger partial charge in [-0.05, 0) is 61.3 Å². The second-order valence-corrected chi connectivity index (χ2v) is 6.47. The van der Waals surface area contributed by atoms with Gasteiger partial charge in [0.1, 0.15) is 17.2 Å². The van der Waals surface area contributed by atoms with E-state index in [4.69, 9.17) is 4.74 Å². The first-order chi connectivity index (χ1) is 12.5. The van der Waals surface area contributed by atoms with Gasteiger partial charge in [-0.15, -0.1) is 0 Å². The number of hydrogen-bond donors (Lipinski definition) is 1. The van der Waals surface area contributed by atoms with Crippen molar-refractivity contribution in [1.82, 2.24) is 4.90 Å². The Labute approximate surface area is 156 Å². The molecule has 0 bridgehead atoms. The van der Waals surface area contributed by atoms with Gasteiger partial charge >= 0.3 is 0 Å². The van der Waals surface area contributed by atoms with E-state index in [0.29, 0.717) is 18.6 Å². The van der Waals surface area contributed by atoms with Crippen LogP contribution in [0.4, 0.5) is 4.39 Å². The minimum absolute atomic E-state index is 0.305. The summed E-state index contributed by atoms with van der Waals surface area (Å²) in [4.78, 5) is 2.37. The smallest absolute Gasteiger partial charge is 0.123 e. The van der Waals surface area contributed by atoms with Gasteiger partial charge in [-0.2, -0.15) is 0 Å². The largest absolute Gasteiger partial charge is 0.494 e. The Bertz CT molecular complexity index is 653. The van der Waals surface area contributed by atoms with Crippen LogP contribution in [0.15, 0.2) is 48.5 Å². The maximum absolute atomic E-state index is 13.2. The molecule has 1 atom stereocenters. The van der Waals surface area contributed by atoms with Crippen LogP contribution in [0.2, 0.25) is 0 Å². The van der Waals surface area contributed by atoms with E-state index in [2.05, 4.69) is 18.7 Å². The van der Waals surface area contributed by atoms with E-state index in [1.54, 1.807) is 12.1 Å². The highest BCUT2D eigenvalue weighted by Crippen LogP contribution is 2.33. The van der Waals surface area contributed by atoms with Crippen LogP contribution in [-0.2, 0) is 5.60 Å². The molecule has 0 aliphatic carbocycles. The average molecular weight is 359 g/mol. The van der Waals surface area contributed by atoms with Crippen molar-refractivity contribution in [2.75, 3.05) is 26.2 Å².